The summed E-state index contributed by atoms with van der Waals surface area (Å²) < 4.78 is 10.3. The van der Waals surface area contributed by atoms with Crippen LogP contribution in [0.25, 0.3) is 0 Å². The summed E-state index contributed by atoms with van der Waals surface area (Å²) in [5.74, 6) is -0.588. The second-order valence-corrected chi connectivity index (χ2v) is 6.93. The maximum Gasteiger partial charge on any atom is 0.329 e. The van der Waals surface area contributed by atoms with Crippen LogP contribution in [-0.2, 0) is 18.6 Å². The topological polar surface area (TPSA) is 117 Å². The number of aliphatic hydroxyl groups is 1. The molecule has 0 saturated heterocycles. The predicted octanol–water partition coefficient (Wildman–Crippen LogP) is 0.329. The van der Waals surface area contributed by atoms with Crippen LogP contribution in [0.1, 0.15) is 34.1 Å². The van der Waals surface area contributed by atoms with Crippen LogP contribution < -0.4 is 10.6 Å². The molecule has 136 valence electrons. The minimum absolute atomic E-state index is 0.0198. The van der Waals surface area contributed by atoms with Gasteiger partial charge in [-0.15, -0.1) is 0 Å². The van der Waals surface area contributed by atoms with Gasteiger partial charge in [-0.3, -0.25) is 9.59 Å². The van der Waals surface area contributed by atoms with E-state index >= 15 is 0 Å². The fraction of sp³-hybridized carbons (Fsp3) is 0.857. The zero-order valence-electron chi connectivity index (χ0n) is 14.5. The lowest BCUT2D eigenvalue weighted by atomic mass is 9.87. The summed E-state index contributed by atoms with van der Waals surface area (Å²) in [7, 11) is -0.583. The quantitative estimate of drug-likeness (QED) is 0.374. The molecule has 23 heavy (non-hydrogen) atoms. The minimum Gasteiger partial charge on any atom is -0.383 e. The first-order valence-electron chi connectivity index (χ1n) is 7.54. The minimum atomic E-state index is -2.20. The SMILES string of the molecule is CCCNC(=O)C(O)C(C)(C)COP(O)OCC(NC)C(C)=O. The Morgan fingerprint density at radius 3 is 2.39 bits per heavy atom. The second kappa shape index (κ2) is 11.0. The molecule has 3 atom stereocenters. The van der Waals surface area contributed by atoms with Crippen molar-refractivity contribution in [1.29, 1.82) is 0 Å². The maximum absolute atomic E-state index is 11.8. The lowest BCUT2D eigenvalue weighted by molar-refractivity contribution is -0.136. The molecular formula is C14H29N2O6P. The molecule has 1 amide bonds. The van der Waals surface area contributed by atoms with E-state index in [1.165, 1.54) is 6.92 Å². The first-order valence-corrected chi connectivity index (χ1v) is 8.67. The van der Waals surface area contributed by atoms with Gasteiger partial charge in [0, 0.05) is 12.0 Å². The van der Waals surface area contributed by atoms with E-state index in [0.717, 1.165) is 6.42 Å². The van der Waals surface area contributed by atoms with Crippen LogP contribution in [0.2, 0.25) is 0 Å². The molecule has 8 nitrogen and oxygen atoms in total. The monoisotopic (exact) mass is 352 g/mol. The zero-order chi connectivity index (χ0) is 18.0. The molecule has 9 heteroatoms. The van der Waals surface area contributed by atoms with Crippen LogP contribution in [0.15, 0.2) is 0 Å². The van der Waals surface area contributed by atoms with Crippen molar-refractivity contribution >= 4 is 20.3 Å². The van der Waals surface area contributed by atoms with Crippen molar-refractivity contribution in [3.05, 3.63) is 0 Å². The van der Waals surface area contributed by atoms with Crippen LogP contribution in [0.3, 0.4) is 0 Å². The Labute approximate surface area is 138 Å². The molecule has 0 rings (SSSR count). The number of hydrogen-bond donors (Lipinski definition) is 4. The molecular weight excluding hydrogens is 323 g/mol. The third kappa shape index (κ3) is 8.69. The number of nitrogens with one attached hydrogen (secondary N) is 2. The Balaban J connectivity index is 4.30. The molecule has 0 spiro atoms. The highest BCUT2D eigenvalue weighted by Crippen LogP contribution is 2.36. The van der Waals surface area contributed by atoms with Gasteiger partial charge in [0.15, 0.2) is 0 Å². The lowest BCUT2D eigenvalue weighted by Crippen LogP contribution is -2.46. The average molecular weight is 352 g/mol. The molecule has 0 aromatic rings. The number of Topliss-reactive ketones (excluding diaryl/α,β-unsaturated/α-hetero) is 1. The van der Waals surface area contributed by atoms with Crippen LogP contribution in [0, 0.1) is 5.41 Å². The Hall–Kier alpha value is -0.630. The predicted molar refractivity (Wildman–Crippen MR) is 87.7 cm³/mol. The molecule has 3 unspecified atom stereocenters. The van der Waals surface area contributed by atoms with Gasteiger partial charge in [-0.25, -0.2) is 0 Å². The van der Waals surface area contributed by atoms with Crippen LogP contribution >= 0.6 is 8.60 Å². The van der Waals surface area contributed by atoms with Gasteiger partial charge in [0.25, 0.3) is 0 Å². The van der Waals surface area contributed by atoms with Gasteiger partial charge in [0.05, 0.1) is 19.3 Å². The highest BCUT2D eigenvalue weighted by atomic mass is 31.2. The number of carbonyl (C=O) groups excluding carboxylic acids is 2. The molecule has 0 aliphatic heterocycles. The van der Waals surface area contributed by atoms with Gasteiger partial charge in [0.1, 0.15) is 11.9 Å². The summed E-state index contributed by atoms with van der Waals surface area (Å²) in [6.07, 6.45) is -0.492. The lowest BCUT2D eigenvalue weighted by Gasteiger charge is -2.29. The van der Waals surface area contributed by atoms with E-state index in [9.17, 15) is 19.6 Å². The number of aliphatic hydroxyl groups excluding tert-OH is 1. The zero-order valence-corrected chi connectivity index (χ0v) is 15.4. The molecule has 0 bridgehead atoms. The van der Waals surface area contributed by atoms with Gasteiger partial charge in [-0.2, -0.15) is 0 Å². The summed E-state index contributed by atoms with van der Waals surface area (Å²) in [6, 6.07) is -0.519. The first kappa shape index (κ1) is 22.4. The van der Waals surface area contributed by atoms with Crippen LogP contribution in [0.4, 0.5) is 0 Å². The number of carbonyl (C=O) groups is 2. The largest absolute Gasteiger partial charge is 0.383 e. The second-order valence-electron chi connectivity index (χ2n) is 5.94. The molecule has 4 N–H and O–H groups in total. The standard InChI is InChI=1S/C14H29N2O6P/c1-6-7-16-13(19)12(18)14(3,4)9-22-23(20)21-8-11(15-5)10(2)17/h11-12,15,18,20H,6-9H2,1-5H3,(H,16,19). The third-order valence-corrected chi connectivity index (χ3v) is 4.00. The summed E-state index contributed by atoms with van der Waals surface area (Å²) in [5, 5.41) is 15.4. The number of likely N-dealkylation sites (N-methyl/N-ethyl adjacent to an activating group) is 1. The van der Waals surface area contributed by atoms with Gasteiger partial charge >= 0.3 is 8.60 Å². The molecule has 0 saturated carbocycles. The van der Waals surface area contributed by atoms with Gasteiger partial charge in [0.2, 0.25) is 5.91 Å². The van der Waals surface area contributed by atoms with Crippen molar-refractivity contribution in [3.63, 3.8) is 0 Å². The molecule has 0 aliphatic carbocycles. The Kier molecular flexibility index (Phi) is 10.7. The number of hydrogen-bond acceptors (Lipinski definition) is 7. The summed E-state index contributed by atoms with van der Waals surface area (Å²) in [5.41, 5.74) is -0.895. The van der Waals surface area contributed by atoms with Gasteiger partial charge < -0.3 is 29.7 Å². The van der Waals surface area contributed by atoms with E-state index in [4.69, 9.17) is 9.05 Å². The summed E-state index contributed by atoms with van der Waals surface area (Å²) >= 11 is 0. The van der Waals surface area contributed by atoms with Crippen molar-refractivity contribution in [2.24, 2.45) is 5.41 Å². The van der Waals surface area contributed by atoms with Crippen molar-refractivity contribution in [1.82, 2.24) is 10.6 Å². The van der Waals surface area contributed by atoms with E-state index in [0.29, 0.717) is 6.54 Å². The molecule has 0 aromatic carbocycles. The van der Waals surface area contributed by atoms with Crippen molar-refractivity contribution in [3.8, 4) is 0 Å². The Bertz CT molecular complexity index is 380. The van der Waals surface area contributed by atoms with Gasteiger partial charge in [-0.05, 0) is 20.4 Å². The smallest absolute Gasteiger partial charge is 0.329 e. The normalized spacial score (nSPS) is 15.8. The van der Waals surface area contributed by atoms with Crippen molar-refractivity contribution in [2.45, 2.75) is 46.3 Å². The molecule has 0 aliphatic rings. The van der Waals surface area contributed by atoms with Crippen molar-refractivity contribution in [2.75, 3.05) is 26.8 Å². The van der Waals surface area contributed by atoms with E-state index in [2.05, 4.69) is 10.6 Å². The number of ketones is 1. The fourth-order valence-electron chi connectivity index (χ4n) is 1.58. The maximum atomic E-state index is 11.8. The van der Waals surface area contributed by atoms with E-state index in [-0.39, 0.29) is 19.0 Å². The molecule has 0 heterocycles. The van der Waals surface area contributed by atoms with Crippen LogP contribution in [0.5, 0.6) is 0 Å². The Morgan fingerprint density at radius 2 is 1.91 bits per heavy atom. The molecule has 0 aromatic heterocycles. The van der Waals surface area contributed by atoms with Crippen LogP contribution in [-0.4, -0.2) is 60.6 Å². The average Bonchev–Trinajstić information content (AvgIpc) is 2.50. The molecule has 0 fully saturated rings. The fourth-order valence-corrected chi connectivity index (χ4v) is 2.37. The summed E-state index contributed by atoms with van der Waals surface area (Å²) in [6.45, 7) is 7.03. The molecule has 0 radical (unpaired) electrons. The third-order valence-electron chi connectivity index (χ3n) is 3.28. The van der Waals surface area contributed by atoms with E-state index in [1.54, 1.807) is 20.9 Å². The number of rotatable bonds is 12. The first-order chi connectivity index (χ1) is 10.7. The van der Waals surface area contributed by atoms with E-state index < -0.39 is 32.1 Å². The van der Waals surface area contributed by atoms with E-state index in [1.807, 2.05) is 6.92 Å². The highest BCUT2D eigenvalue weighted by molar-refractivity contribution is 7.40. The highest BCUT2D eigenvalue weighted by Gasteiger charge is 2.34. The number of amides is 1. The van der Waals surface area contributed by atoms with Gasteiger partial charge in [-0.1, -0.05) is 20.8 Å². The Morgan fingerprint density at radius 1 is 1.30 bits per heavy atom. The summed E-state index contributed by atoms with van der Waals surface area (Å²) in [4.78, 5) is 32.7. The van der Waals surface area contributed by atoms with Crippen molar-refractivity contribution < 1.29 is 28.6 Å².